The number of sulfonamides is 1. The Balaban J connectivity index is 1.56. The number of rotatable bonds is 6. The van der Waals surface area contributed by atoms with E-state index in [1.54, 1.807) is 0 Å². The first-order chi connectivity index (χ1) is 11.1. The average Bonchev–Trinajstić information content (AvgIpc) is 2.59. The maximum atomic E-state index is 12.1. The molecule has 2 aromatic carbocycles. The number of nitrogens with one attached hydrogen (secondary N) is 1. The fourth-order valence-corrected chi connectivity index (χ4v) is 3.40. The zero-order chi connectivity index (χ0) is 16.1. The van der Waals surface area contributed by atoms with Gasteiger partial charge in [-0.3, -0.25) is 0 Å². The highest BCUT2D eigenvalue weighted by Gasteiger charge is 2.14. The van der Waals surface area contributed by atoms with Crippen molar-refractivity contribution in [1.82, 2.24) is 4.72 Å². The lowest BCUT2D eigenvalue weighted by molar-refractivity contribution is 0.171. The molecule has 0 radical (unpaired) electrons. The predicted octanol–water partition coefficient (Wildman–Crippen LogP) is 2.12. The molecule has 5 nitrogen and oxygen atoms in total. The van der Waals surface area contributed by atoms with Crippen molar-refractivity contribution in [2.45, 2.75) is 13.0 Å². The van der Waals surface area contributed by atoms with Crippen molar-refractivity contribution in [3.05, 3.63) is 59.7 Å². The maximum Gasteiger partial charge on any atom is 0.212 e. The van der Waals surface area contributed by atoms with Crippen molar-refractivity contribution in [3.63, 3.8) is 0 Å². The van der Waals surface area contributed by atoms with Crippen molar-refractivity contribution >= 4 is 10.0 Å². The van der Waals surface area contributed by atoms with Crippen LogP contribution >= 0.6 is 0 Å². The van der Waals surface area contributed by atoms with E-state index in [1.165, 1.54) is 0 Å². The second-order valence-electron chi connectivity index (χ2n) is 5.35. The Morgan fingerprint density at radius 2 is 1.65 bits per heavy atom. The maximum absolute atomic E-state index is 12.1. The summed E-state index contributed by atoms with van der Waals surface area (Å²) < 4.78 is 37.8. The molecule has 2 aromatic rings. The van der Waals surface area contributed by atoms with Crippen LogP contribution in [-0.4, -0.2) is 27.4 Å². The molecule has 23 heavy (non-hydrogen) atoms. The van der Waals surface area contributed by atoms with Crippen LogP contribution in [0, 0.1) is 0 Å². The molecule has 0 amide bonds. The largest absolute Gasteiger partial charge is 0.486 e. The van der Waals surface area contributed by atoms with E-state index in [9.17, 15) is 8.42 Å². The Bertz CT molecular complexity index is 759. The van der Waals surface area contributed by atoms with Crippen LogP contribution in [-0.2, 0) is 23.0 Å². The zero-order valence-corrected chi connectivity index (χ0v) is 13.5. The Kier molecular flexibility index (Phi) is 4.83. The van der Waals surface area contributed by atoms with Crippen LogP contribution in [0.2, 0.25) is 0 Å². The lowest BCUT2D eigenvalue weighted by atomic mass is 10.2. The molecule has 0 aliphatic carbocycles. The SMILES string of the molecule is O=S(=O)(CCc1ccccc1)NCc1ccc2c(c1)OCCO2. The first-order valence-corrected chi connectivity index (χ1v) is 9.17. The second-order valence-corrected chi connectivity index (χ2v) is 7.28. The topological polar surface area (TPSA) is 64.6 Å². The highest BCUT2D eigenvalue weighted by molar-refractivity contribution is 7.89. The van der Waals surface area contributed by atoms with Crippen molar-refractivity contribution in [3.8, 4) is 11.5 Å². The highest BCUT2D eigenvalue weighted by atomic mass is 32.2. The molecule has 0 aromatic heterocycles. The summed E-state index contributed by atoms with van der Waals surface area (Å²) in [5, 5.41) is 0. The van der Waals surface area contributed by atoms with Gasteiger partial charge in [0.15, 0.2) is 11.5 Å². The summed E-state index contributed by atoms with van der Waals surface area (Å²) >= 11 is 0. The molecule has 0 bridgehead atoms. The molecule has 0 unspecified atom stereocenters. The molecule has 1 N–H and O–H groups in total. The summed E-state index contributed by atoms with van der Waals surface area (Å²) in [6, 6.07) is 15.0. The van der Waals surface area contributed by atoms with Crippen molar-refractivity contribution in [1.29, 1.82) is 0 Å². The van der Waals surface area contributed by atoms with Crippen LogP contribution in [0.4, 0.5) is 0 Å². The number of benzene rings is 2. The molecule has 1 aliphatic heterocycles. The van der Waals surface area contributed by atoms with Crippen LogP contribution in [0.1, 0.15) is 11.1 Å². The van der Waals surface area contributed by atoms with Gasteiger partial charge in [-0.2, -0.15) is 0 Å². The van der Waals surface area contributed by atoms with Gasteiger partial charge in [0.05, 0.1) is 5.75 Å². The zero-order valence-electron chi connectivity index (χ0n) is 12.7. The minimum absolute atomic E-state index is 0.0710. The van der Waals surface area contributed by atoms with Crippen molar-refractivity contribution < 1.29 is 17.9 Å². The molecule has 0 saturated heterocycles. The van der Waals surface area contributed by atoms with Gasteiger partial charge < -0.3 is 9.47 Å². The first-order valence-electron chi connectivity index (χ1n) is 7.52. The quantitative estimate of drug-likeness (QED) is 0.879. The predicted molar refractivity (Wildman–Crippen MR) is 88.2 cm³/mol. The molecular weight excluding hydrogens is 314 g/mol. The third-order valence-electron chi connectivity index (χ3n) is 3.61. The third-order valence-corrected chi connectivity index (χ3v) is 4.93. The number of hydrogen-bond acceptors (Lipinski definition) is 4. The second kappa shape index (κ2) is 7.02. The summed E-state index contributed by atoms with van der Waals surface area (Å²) in [7, 11) is -3.32. The summed E-state index contributed by atoms with van der Waals surface area (Å²) in [5.41, 5.74) is 1.86. The highest BCUT2D eigenvalue weighted by Crippen LogP contribution is 2.30. The van der Waals surface area contributed by atoms with Gasteiger partial charge >= 0.3 is 0 Å². The van der Waals surface area contributed by atoms with E-state index >= 15 is 0 Å². The summed E-state index contributed by atoms with van der Waals surface area (Å²) in [6.45, 7) is 1.30. The smallest absolute Gasteiger partial charge is 0.212 e. The summed E-state index contributed by atoms with van der Waals surface area (Å²) in [4.78, 5) is 0. The van der Waals surface area contributed by atoms with Gasteiger partial charge in [0.1, 0.15) is 13.2 Å². The third kappa shape index (κ3) is 4.46. The Hall–Kier alpha value is -2.05. The molecule has 3 rings (SSSR count). The molecule has 1 heterocycles. The van der Waals surface area contributed by atoms with E-state index in [4.69, 9.17) is 9.47 Å². The standard InChI is InChI=1S/C17H19NO4S/c19-23(20,11-8-14-4-2-1-3-5-14)18-13-15-6-7-16-17(12-15)22-10-9-21-16/h1-7,12,18H,8-11,13H2. The van der Waals surface area contributed by atoms with E-state index in [1.807, 2.05) is 48.5 Å². The monoisotopic (exact) mass is 333 g/mol. The van der Waals surface area contributed by atoms with Gasteiger partial charge in [-0.1, -0.05) is 36.4 Å². The van der Waals surface area contributed by atoms with Crippen LogP contribution in [0.15, 0.2) is 48.5 Å². The first kappa shape index (κ1) is 15.8. The minimum Gasteiger partial charge on any atom is -0.486 e. The van der Waals surface area contributed by atoms with E-state index in [0.29, 0.717) is 31.1 Å². The molecule has 1 aliphatic rings. The number of hydrogen-bond donors (Lipinski definition) is 1. The molecule has 0 saturated carbocycles. The number of ether oxygens (including phenoxy) is 2. The average molecular weight is 333 g/mol. The van der Waals surface area contributed by atoms with E-state index in [0.717, 1.165) is 11.1 Å². The molecular formula is C17H19NO4S. The number of fused-ring (bicyclic) bond motifs is 1. The molecule has 0 atom stereocenters. The van der Waals surface area contributed by atoms with Crippen LogP contribution in [0.25, 0.3) is 0 Å². The van der Waals surface area contributed by atoms with Gasteiger partial charge in [0.25, 0.3) is 0 Å². The lowest BCUT2D eigenvalue weighted by Crippen LogP contribution is -2.27. The summed E-state index contributed by atoms with van der Waals surface area (Å²) in [6.07, 6.45) is 0.497. The van der Waals surface area contributed by atoms with E-state index in [-0.39, 0.29) is 12.3 Å². The summed E-state index contributed by atoms with van der Waals surface area (Å²) in [5.74, 6) is 1.44. The van der Waals surface area contributed by atoms with Gasteiger partial charge in [-0.25, -0.2) is 13.1 Å². The fraction of sp³-hybridized carbons (Fsp3) is 0.294. The Morgan fingerprint density at radius 3 is 2.43 bits per heavy atom. The lowest BCUT2D eigenvalue weighted by Gasteiger charge is -2.19. The van der Waals surface area contributed by atoms with Crippen LogP contribution in [0.5, 0.6) is 11.5 Å². The molecule has 122 valence electrons. The minimum atomic E-state index is -3.32. The Labute approximate surface area is 136 Å². The van der Waals surface area contributed by atoms with Crippen molar-refractivity contribution in [2.75, 3.05) is 19.0 Å². The van der Waals surface area contributed by atoms with Gasteiger partial charge in [-0.05, 0) is 29.7 Å². The van der Waals surface area contributed by atoms with E-state index < -0.39 is 10.0 Å². The number of aryl methyl sites for hydroxylation is 1. The Morgan fingerprint density at radius 1 is 0.913 bits per heavy atom. The van der Waals surface area contributed by atoms with Gasteiger partial charge in [0, 0.05) is 6.54 Å². The van der Waals surface area contributed by atoms with Crippen LogP contribution < -0.4 is 14.2 Å². The normalized spacial score (nSPS) is 13.7. The van der Waals surface area contributed by atoms with Crippen LogP contribution in [0.3, 0.4) is 0 Å². The fourth-order valence-electron chi connectivity index (χ4n) is 2.36. The molecule has 0 fully saturated rings. The molecule has 0 spiro atoms. The van der Waals surface area contributed by atoms with Gasteiger partial charge in [0.2, 0.25) is 10.0 Å². The van der Waals surface area contributed by atoms with Crippen molar-refractivity contribution in [2.24, 2.45) is 0 Å². The van der Waals surface area contributed by atoms with E-state index in [2.05, 4.69) is 4.72 Å². The van der Waals surface area contributed by atoms with Gasteiger partial charge in [-0.15, -0.1) is 0 Å². The molecule has 6 heteroatoms.